The summed E-state index contributed by atoms with van der Waals surface area (Å²) in [6.45, 7) is 0.929. The molecule has 0 spiro atoms. The van der Waals surface area contributed by atoms with Crippen LogP contribution in [0.4, 0.5) is 17.6 Å². The molecule has 0 aromatic heterocycles. The largest absolute Gasteiger partial charge is 0.420 e. The van der Waals surface area contributed by atoms with E-state index in [1.165, 1.54) is 0 Å². The molecule has 0 radical (unpaired) electrons. The highest BCUT2D eigenvalue weighted by atomic mass is 19.2. The Morgan fingerprint density at radius 1 is 0.741 bits per heavy atom. The van der Waals surface area contributed by atoms with Gasteiger partial charge in [-0.05, 0) is 19.8 Å². The SMILES string of the molecule is Cc1c(F)c(F)c(F)c(OC(=O)CCCCCCCCCCC(N)=O)c1F. The summed E-state index contributed by atoms with van der Waals surface area (Å²) in [6.07, 6.45) is 7.13. The van der Waals surface area contributed by atoms with Gasteiger partial charge in [-0.15, -0.1) is 0 Å². The maximum atomic E-state index is 13.8. The molecular formula is C19H25F4NO3. The highest BCUT2D eigenvalue weighted by Crippen LogP contribution is 2.30. The molecule has 1 aromatic carbocycles. The van der Waals surface area contributed by atoms with Gasteiger partial charge in [0.05, 0.1) is 0 Å². The molecule has 152 valence electrons. The van der Waals surface area contributed by atoms with Crippen LogP contribution in [-0.2, 0) is 9.59 Å². The van der Waals surface area contributed by atoms with Crippen molar-refractivity contribution in [2.24, 2.45) is 5.73 Å². The second-order valence-electron chi connectivity index (χ2n) is 6.48. The zero-order valence-electron chi connectivity index (χ0n) is 15.4. The summed E-state index contributed by atoms with van der Waals surface area (Å²) in [5.74, 6) is -9.17. The van der Waals surface area contributed by atoms with Crippen molar-refractivity contribution in [1.82, 2.24) is 0 Å². The minimum Gasteiger partial charge on any atom is -0.420 e. The highest BCUT2D eigenvalue weighted by molar-refractivity contribution is 5.73. The Morgan fingerprint density at radius 3 is 1.74 bits per heavy atom. The molecule has 0 bridgehead atoms. The first kappa shape index (κ1) is 22.9. The number of carbonyl (C=O) groups is 2. The first-order valence-electron chi connectivity index (χ1n) is 9.07. The Bertz CT molecular complexity index is 636. The Balaban J connectivity index is 2.25. The molecule has 0 atom stereocenters. The molecular weight excluding hydrogens is 366 g/mol. The van der Waals surface area contributed by atoms with E-state index < -0.39 is 40.6 Å². The fourth-order valence-electron chi connectivity index (χ4n) is 2.61. The molecule has 4 nitrogen and oxygen atoms in total. The number of hydrogen-bond acceptors (Lipinski definition) is 3. The Morgan fingerprint density at radius 2 is 1.22 bits per heavy atom. The van der Waals surface area contributed by atoms with Crippen molar-refractivity contribution in [1.29, 1.82) is 0 Å². The fourth-order valence-corrected chi connectivity index (χ4v) is 2.61. The quantitative estimate of drug-likeness (QED) is 0.138. The molecule has 1 amide bonds. The van der Waals surface area contributed by atoms with Gasteiger partial charge in [-0.3, -0.25) is 9.59 Å². The number of primary amides is 1. The molecule has 0 fully saturated rings. The monoisotopic (exact) mass is 391 g/mol. The molecule has 1 rings (SSSR count). The van der Waals surface area contributed by atoms with Gasteiger partial charge in [0.25, 0.3) is 0 Å². The van der Waals surface area contributed by atoms with E-state index in [4.69, 9.17) is 5.73 Å². The smallest absolute Gasteiger partial charge is 0.311 e. The minimum atomic E-state index is -1.87. The van der Waals surface area contributed by atoms with E-state index in [0.717, 1.165) is 51.9 Å². The standard InChI is InChI=1S/C19H25F4NO3/c1-12-15(20)17(22)18(23)19(16(12)21)27-14(26)11-9-7-5-3-2-4-6-8-10-13(24)25/h2-11H2,1H3,(H2,24,25). The molecule has 0 heterocycles. The zero-order valence-corrected chi connectivity index (χ0v) is 15.4. The van der Waals surface area contributed by atoms with Gasteiger partial charge in [0.15, 0.2) is 17.5 Å². The molecule has 27 heavy (non-hydrogen) atoms. The van der Waals surface area contributed by atoms with Gasteiger partial charge in [0.2, 0.25) is 17.5 Å². The molecule has 0 aliphatic heterocycles. The van der Waals surface area contributed by atoms with E-state index in [1.54, 1.807) is 0 Å². The maximum absolute atomic E-state index is 13.8. The van der Waals surface area contributed by atoms with Crippen molar-refractivity contribution in [2.45, 2.75) is 71.1 Å². The predicted octanol–water partition coefficient (Wildman–Crippen LogP) is 4.84. The minimum absolute atomic E-state index is 0.0739. The number of nitrogens with two attached hydrogens (primary N) is 1. The Kier molecular flexibility index (Phi) is 9.82. The number of amides is 1. The highest BCUT2D eigenvalue weighted by Gasteiger charge is 2.25. The lowest BCUT2D eigenvalue weighted by molar-refractivity contribution is -0.135. The lowest BCUT2D eigenvalue weighted by Gasteiger charge is -2.10. The second kappa shape index (κ2) is 11.6. The van der Waals surface area contributed by atoms with Crippen LogP contribution in [0.2, 0.25) is 0 Å². The number of carbonyl (C=O) groups excluding carboxylic acids is 2. The summed E-state index contributed by atoms with van der Waals surface area (Å²) in [6, 6.07) is 0. The van der Waals surface area contributed by atoms with E-state index in [-0.39, 0.29) is 12.3 Å². The number of unbranched alkanes of at least 4 members (excludes halogenated alkanes) is 7. The summed E-state index contributed by atoms with van der Waals surface area (Å²) < 4.78 is 58.4. The molecule has 0 unspecified atom stereocenters. The molecule has 0 aliphatic rings. The number of halogens is 4. The zero-order chi connectivity index (χ0) is 20.4. The van der Waals surface area contributed by atoms with Crippen molar-refractivity contribution < 1.29 is 31.9 Å². The molecule has 0 saturated carbocycles. The van der Waals surface area contributed by atoms with Gasteiger partial charge in [-0.25, -0.2) is 13.2 Å². The third kappa shape index (κ3) is 7.56. The summed E-state index contributed by atoms with van der Waals surface area (Å²) in [7, 11) is 0. The number of rotatable bonds is 12. The van der Waals surface area contributed by atoms with Gasteiger partial charge < -0.3 is 10.5 Å². The average molecular weight is 391 g/mol. The van der Waals surface area contributed by atoms with Gasteiger partial charge in [-0.1, -0.05) is 38.5 Å². The lowest BCUT2D eigenvalue weighted by Crippen LogP contribution is -2.13. The van der Waals surface area contributed by atoms with Crippen molar-refractivity contribution in [3.05, 3.63) is 28.8 Å². The first-order valence-corrected chi connectivity index (χ1v) is 9.07. The second-order valence-corrected chi connectivity index (χ2v) is 6.48. The molecule has 8 heteroatoms. The van der Waals surface area contributed by atoms with Gasteiger partial charge in [0.1, 0.15) is 0 Å². The fraction of sp³-hybridized carbons (Fsp3) is 0.579. The summed E-state index contributed by atoms with van der Waals surface area (Å²) in [4.78, 5) is 22.2. The van der Waals surface area contributed by atoms with Crippen molar-refractivity contribution in [3.63, 3.8) is 0 Å². The molecule has 0 saturated heterocycles. The number of hydrogen-bond donors (Lipinski definition) is 1. The van der Waals surface area contributed by atoms with E-state index >= 15 is 0 Å². The van der Waals surface area contributed by atoms with E-state index in [0.29, 0.717) is 12.8 Å². The Hall–Kier alpha value is -2.12. The summed E-state index contributed by atoms with van der Waals surface area (Å²) in [5, 5.41) is 0. The van der Waals surface area contributed by atoms with E-state index in [9.17, 15) is 27.2 Å². The van der Waals surface area contributed by atoms with Crippen molar-refractivity contribution in [2.75, 3.05) is 0 Å². The van der Waals surface area contributed by atoms with Crippen LogP contribution in [0.3, 0.4) is 0 Å². The van der Waals surface area contributed by atoms with Crippen LogP contribution in [0.1, 0.15) is 69.8 Å². The maximum Gasteiger partial charge on any atom is 0.311 e. The van der Waals surface area contributed by atoms with E-state index in [1.807, 2.05) is 0 Å². The van der Waals surface area contributed by atoms with Gasteiger partial charge in [0, 0.05) is 18.4 Å². The van der Waals surface area contributed by atoms with Crippen LogP contribution in [0.15, 0.2) is 0 Å². The van der Waals surface area contributed by atoms with E-state index in [2.05, 4.69) is 4.74 Å². The number of esters is 1. The third-order valence-corrected chi connectivity index (χ3v) is 4.21. The molecule has 0 aliphatic carbocycles. The lowest BCUT2D eigenvalue weighted by atomic mass is 10.1. The summed E-state index contributed by atoms with van der Waals surface area (Å²) >= 11 is 0. The Labute approximate surface area is 156 Å². The van der Waals surface area contributed by atoms with Crippen LogP contribution in [-0.4, -0.2) is 11.9 Å². The van der Waals surface area contributed by atoms with Crippen LogP contribution in [0, 0.1) is 30.2 Å². The number of ether oxygens (including phenoxy) is 1. The first-order chi connectivity index (χ1) is 12.8. The van der Waals surface area contributed by atoms with Crippen LogP contribution >= 0.6 is 0 Å². The third-order valence-electron chi connectivity index (χ3n) is 4.21. The van der Waals surface area contributed by atoms with Crippen LogP contribution < -0.4 is 10.5 Å². The van der Waals surface area contributed by atoms with Gasteiger partial charge >= 0.3 is 5.97 Å². The average Bonchev–Trinajstić information content (AvgIpc) is 2.63. The van der Waals surface area contributed by atoms with Crippen molar-refractivity contribution in [3.8, 4) is 5.75 Å². The topological polar surface area (TPSA) is 69.4 Å². The van der Waals surface area contributed by atoms with Crippen LogP contribution in [0.25, 0.3) is 0 Å². The van der Waals surface area contributed by atoms with Crippen molar-refractivity contribution >= 4 is 11.9 Å². The number of benzene rings is 1. The van der Waals surface area contributed by atoms with Gasteiger partial charge in [-0.2, -0.15) is 4.39 Å². The summed E-state index contributed by atoms with van der Waals surface area (Å²) in [5.41, 5.74) is 4.30. The normalized spacial score (nSPS) is 10.9. The molecule has 2 N–H and O–H groups in total. The van der Waals surface area contributed by atoms with Crippen LogP contribution in [0.5, 0.6) is 5.75 Å². The predicted molar refractivity (Wildman–Crippen MR) is 92.0 cm³/mol. The molecule has 1 aromatic rings.